The van der Waals surface area contributed by atoms with Crippen LogP contribution in [0.3, 0.4) is 0 Å². The molecule has 6 heteroatoms. The van der Waals surface area contributed by atoms with E-state index in [-0.39, 0.29) is 11.8 Å². The Bertz CT molecular complexity index is 653. The van der Waals surface area contributed by atoms with Crippen LogP contribution in [0.2, 0.25) is 0 Å². The van der Waals surface area contributed by atoms with E-state index in [0.717, 1.165) is 30.0 Å². The predicted molar refractivity (Wildman–Crippen MR) is 76.8 cm³/mol. The molecule has 1 fully saturated rings. The number of nitrogens with one attached hydrogen (secondary N) is 1. The van der Waals surface area contributed by atoms with Crippen molar-refractivity contribution in [1.82, 2.24) is 14.8 Å². The van der Waals surface area contributed by atoms with E-state index in [0.29, 0.717) is 5.92 Å². The van der Waals surface area contributed by atoms with E-state index in [2.05, 4.69) is 15.4 Å². The topological polar surface area (TPSA) is 59.8 Å². The first-order chi connectivity index (χ1) is 9.70. The Morgan fingerprint density at radius 1 is 1.50 bits per heavy atom. The van der Waals surface area contributed by atoms with Crippen LogP contribution in [0, 0.1) is 5.92 Å². The molecule has 4 rings (SSSR count). The Balaban J connectivity index is 1.41. The fourth-order valence-corrected chi connectivity index (χ4v) is 3.98. The van der Waals surface area contributed by atoms with E-state index in [1.807, 2.05) is 19.4 Å². The first-order valence-corrected chi connectivity index (χ1v) is 7.80. The van der Waals surface area contributed by atoms with Gasteiger partial charge in [0.15, 0.2) is 5.13 Å². The SMILES string of the molecule is Cn1cc([C@H]2C[C@@H]2C(=O)Nc2nc3c(s2)CCC3)cn1. The maximum Gasteiger partial charge on any atom is 0.229 e. The lowest BCUT2D eigenvalue weighted by Gasteiger charge is -2.00. The van der Waals surface area contributed by atoms with E-state index >= 15 is 0 Å². The van der Waals surface area contributed by atoms with Gasteiger partial charge < -0.3 is 5.32 Å². The lowest BCUT2D eigenvalue weighted by Crippen LogP contribution is -2.14. The number of carbonyl (C=O) groups is 1. The van der Waals surface area contributed by atoms with Crippen molar-refractivity contribution in [2.45, 2.75) is 31.6 Å². The van der Waals surface area contributed by atoms with Gasteiger partial charge in [0.2, 0.25) is 5.91 Å². The summed E-state index contributed by atoms with van der Waals surface area (Å²) < 4.78 is 1.79. The van der Waals surface area contributed by atoms with Crippen LogP contribution in [0.1, 0.15) is 34.9 Å². The van der Waals surface area contributed by atoms with Crippen molar-refractivity contribution in [1.29, 1.82) is 0 Å². The van der Waals surface area contributed by atoms with Gasteiger partial charge in [-0.15, -0.1) is 11.3 Å². The van der Waals surface area contributed by atoms with Crippen LogP contribution in [-0.4, -0.2) is 20.7 Å². The van der Waals surface area contributed by atoms with Gasteiger partial charge in [-0.25, -0.2) is 4.98 Å². The van der Waals surface area contributed by atoms with Crippen LogP contribution >= 0.6 is 11.3 Å². The highest BCUT2D eigenvalue weighted by molar-refractivity contribution is 7.15. The molecule has 5 nitrogen and oxygen atoms in total. The minimum Gasteiger partial charge on any atom is -0.302 e. The zero-order valence-corrected chi connectivity index (χ0v) is 12.1. The number of aromatic nitrogens is 3. The molecule has 1 saturated carbocycles. The summed E-state index contributed by atoms with van der Waals surface area (Å²) in [4.78, 5) is 18.1. The third kappa shape index (κ3) is 2.04. The fraction of sp³-hybridized carbons (Fsp3) is 0.500. The maximum atomic E-state index is 12.2. The van der Waals surface area contributed by atoms with E-state index < -0.39 is 0 Å². The highest BCUT2D eigenvalue weighted by atomic mass is 32.1. The van der Waals surface area contributed by atoms with Gasteiger partial charge in [-0.3, -0.25) is 9.48 Å². The molecule has 2 heterocycles. The van der Waals surface area contributed by atoms with Crippen molar-refractivity contribution in [2.75, 3.05) is 5.32 Å². The molecule has 104 valence electrons. The monoisotopic (exact) mass is 288 g/mol. The average molecular weight is 288 g/mol. The Morgan fingerprint density at radius 2 is 2.40 bits per heavy atom. The fourth-order valence-electron chi connectivity index (χ4n) is 2.93. The maximum absolute atomic E-state index is 12.2. The average Bonchev–Trinajstić information content (AvgIpc) is 2.70. The Hall–Kier alpha value is -1.69. The number of nitrogens with zero attached hydrogens (tertiary/aromatic N) is 3. The molecule has 1 amide bonds. The number of amides is 1. The molecule has 0 bridgehead atoms. The van der Waals surface area contributed by atoms with Crippen molar-refractivity contribution in [2.24, 2.45) is 13.0 Å². The van der Waals surface area contributed by atoms with Crippen molar-refractivity contribution >= 4 is 22.4 Å². The molecule has 0 radical (unpaired) electrons. The molecule has 2 aliphatic rings. The Kier molecular flexibility index (Phi) is 2.66. The van der Waals surface area contributed by atoms with Gasteiger partial charge in [0, 0.05) is 24.0 Å². The minimum absolute atomic E-state index is 0.0814. The number of hydrogen-bond donors (Lipinski definition) is 1. The molecule has 1 N–H and O–H groups in total. The van der Waals surface area contributed by atoms with E-state index in [4.69, 9.17) is 0 Å². The van der Waals surface area contributed by atoms with Gasteiger partial charge in [-0.1, -0.05) is 0 Å². The van der Waals surface area contributed by atoms with E-state index in [1.54, 1.807) is 16.0 Å². The van der Waals surface area contributed by atoms with Crippen LogP contribution in [-0.2, 0) is 24.7 Å². The first-order valence-electron chi connectivity index (χ1n) is 6.98. The zero-order valence-electron chi connectivity index (χ0n) is 11.3. The van der Waals surface area contributed by atoms with Crippen LogP contribution in [0.25, 0.3) is 0 Å². The number of fused-ring (bicyclic) bond motifs is 1. The van der Waals surface area contributed by atoms with Crippen molar-refractivity contribution < 1.29 is 4.79 Å². The second-order valence-electron chi connectivity index (χ2n) is 5.63. The smallest absolute Gasteiger partial charge is 0.229 e. The van der Waals surface area contributed by atoms with Gasteiger partial charge in [-0.05, 0) is 37.2 Å². The van der Waals surface area contributed by atoms with Crippen molar-refractivity contribution in [3.8, 4) is 0 Å². The molecular formula is C14H16N4OS. The Morgan fingerprint density at radius 3 is 3.15 bits per heavy atom. The van der Waals surface area contributed by atoms with Crippen molar-refractivity contribution in [3.63, 3.8) is 0 Å². The molecule has 2 aromatic heterocycles. The van der Waals surface area contributed by atoms with Crippen LogP contribution in [0.5, 0.6) is 0 Å². The summed E-state index contributed by atoms with van der Waals surface area (Å²) in [7, 11) is 1.90. The number of hydrogen-bond acceptors (Lipinski definition) is 4. The predicted octanol–water partition coefficient (Wildman–Crippen LogP) is 2.11. The highest BCUT2D eigenvalue weighted by Gasteiger charge is 2.44. The lowest BCUT2D eigenvalue weighted by molar-refractivity contribution is -0.117. The quantitative estimate of drug-likeness (QED) is 0.941. The summed E-state index contributed by atoms with van der Waals surface area (Å²) in [5.41, 5.74) is 2.35. The minimum atomic E-state index is 0.0814. The van der Waals surface area contributed by atoms with Crippen LogP contribution < -0.4 is 5.32 Å². The second kappa shape index (κ2) is 4.41. The highest BCUT2D eigenvalue weighted by Crippen LogP contribution is 2.48. The summed E-state index contributed by atoms with van der Waals surface area (Å²) in [6, 6.07) is 0. The molecular weight excluding hydrogens is 272 g/mol. The molecule has 20 heavy (non-hydrogen) atoms. The number of aryl methyl sites for hydroxylation is 3. The van der Waals surface area contributed by atoms with E-state index in [1.165, 1.54) is 17.0 Å². The number of rotatable bonds is 3. The van der Waals surface area contributed by atoms with Gasteiger partial charge >= 0.3 is 0 Å². The van der Waals surface area contributed by atoms with Crippen molar-refractivity contribution in [3.05, 3.63) is 28.5 Å². The van der Waals surface area contributed by atoms with Gasteiger partial charge in [0.1, 0.15) is 0 Å². The third-order valence-electron chi connectivity index (χ3n) is 4.11. The summed E-state index contributed by atoms with van der Waals surface area (Å²) >= 11 is 1.64. The summed E-state index contributed by atoms with van der Waals surface area (Å²) in [5.74, 6) is 0.514. The van der Waals surface area contributed by atoms with Crippen LogP contribution in [0.4, 0.5) is 5.13 Å². The molecule has 2 aromatic rings. The van der Waals surface area contributed by atoms with Gasteiger partial charge in [-0.2, -0.15) is 5.10 Å². The molecule has 0 spiro atoms. The lowest BCUT2D eigenvalue weighted by atomic mass is 10.2. The molecule has 0 saturated heterocycles. The van der Waals surface area contributed by atoms with Gasteiger partial charge in [0.25, 0.3) is 0 Å². The summed E-state index contributed by atoms with van der Waals surface area (Å²) in [6.07, 6.45) is 8.15. The summed E-state index contributed by atoms with van der Waals surface area (Å²) in [6.45, 7) is 0. The van der Waals surface area contributed by atoms with E-state index in [9.17, 15) is 4.79 Å². The summed E-state index contributed by atoms with van der Waals surface area (Å²) in [5, 5.41) is 7.92. The standard InChI is InChI=1S/C14H16N4OS/c1-18-7-8(6-15-18)9-5-10(9)13(19)17-14-16-11-3-2-4-12(11)20-14/h6-7,9-10H,2-5H2,1H3,(H,16,17,19)/t9-,10+/m1/s1. The number of carbonyl (C=O) groups excluding carboxylic acids is 1. The third-order valence-corrected chi connectivity index (χ3v) is 5.18. The Labute approximate surface area is 121 Å². The molecule has 0 unspecified atom stereocenters. The number of thiazole rings is 1. The van der Waals surface area contributed by atoms with Gasteiger partial charge in [0.05, 0.1) is 11.9 Å². The number of anilines is 1. The zero-order chi connectivity index (χ0) is 13.7. The molecule has 2 atom stereocenters. The normalized spacial score (nSPS) is 23.6. The largest absolute Gasteiger partial charge is 0.302 e. The second-order valence-corrected chi connectivity index (χ2v) is 6.71. The molecule has 0 aromatic carbocycles. The first kappa shape index (κ1) is 12.1. The van der Waals surface area contributed by atoms with Crippen LogP contribution in [0.15, 0.2) is 12.4 Å². The molecule has 0 aliphatic heterocycles. The molecule has 2 aliphatic carbocycles.